The molecule has 0 spiro atoms. The second-order valence-electron chi connectivity index (χ2n) is 2.77. The van der Waals surface area contributed by atoms with E-state index in [0.717, 1.165) is 0 Å². The Morgan fingerprint density at radius 2 is 1.77 bits per heavy atom. The van der Waals surface area contributed by atoms with Gasteiger partial charge in [0.25, 0.3) is 0 Å². The quantitative estimate of drug-likeness (QED) is 0.438. The third-order valence-corrected chi connectivity index (χ3v) is 2.64. The van der Waals surface area contributed by atoms with Crippen molar-refractivity contribution < 1.29 is 22.3 Å². The monoisotopic (exact) mass is 284 g/mol. The first kappa shape index (κ1) is 11.5. The maximum Gasteiger partial charge on any atom is 0.363 e. The van der Waals surface area contributed by atoms with Gasteiger partial charge in [0.05, 0.1) is 6.10 Å². The van der Waals surface area contributed by atoms with Crippen LogP contribution in [0.25, 0.3) is 0 Å². The third-order valence-electron chi connectivity index (χ3n) is 1.68. The highest BCUT2D eigenvalue weighted by molar-refractivity contribution is 9.10. The Morgan fingerprint density at radius 3 is 2.08 bits per heavy atom. The zero-order chi connectivity index (χ0) is 10.3. The van der Waals surface area contributed by atoms with Gasteiger partial charge in [-0.2, -0.15) is 17.6 Å². The molecular weight excluding hydrogens is 279 g/mol. The van der Waals surface area contributed by atoms with Crippen LogP contribution in [0.15, 0.2) is 0 Å². The molecule has 0 unspecified atom stereocenters. The average Bonchev–Trinajstić information content (AvgIpc) is 2.60. The Kier molecular flexibility index (Phi) is 3.14. The molecule has 1 aliphatic rings. The van der Waals surface area contributed by atoms with Gasteiger partial charge in [0.2, 0.25) is 0 Å². The van der Waals surface area contributed by atoms with E-state index >= 15 is 0 Å². The third kappa shape index (κ3) is 2.95. The zero-order valence-corrected chi connectivity index (χ0v) is 8.59. The molecular formula is C6H6BrClF4O. The Balaban J connectivity index is 2.34. The fourth-order valence-electron chi connectivity index (χ4n) is 0.786. The molecule has 1 aliphatic heterocycles. The molecule has 1 rings (SSSR count). The summed E-state index contributed by atoms with van der Waals surface area (Å²) < 4.78 is 54.0. The first-order valence-corrected chi connectivity index (χ1v) is 4.71. The van der Waals surface area contributed by atoms with Crippen LogP contribution in [0.1, 0.15) is 12.8 Å². The van der Waals surface area contributed by atoms with Crippen LogP contribution >= 0.6 is 27.5 Å². The lowest BCUT2D eigenvalue weighted by molar-refractivity contribution is -0.152. The molecule has 0 radical (unpaired) electrons. The van der Waals surface area contributed by atoms with E-state index in [1.165, 1.54) is 0 Å². The smallest absolute Gasteiger partial charge is 0.352 e. The maximum absolute atomic E-state index is 12.6. The van der Waals surface area contributed by atoms with Gasteiger partial charge in [-0.1, -0.05) is 11.6 Å². The van der Waals surface area contributed by atoms with Crippen molar-refractivity contribution in [1.29, 1.82) is 0 Å². The van der Waals surface area contributed by atoms with Crippen LogP contribution in [0.2, 0.25) is 0 Å². The molecule has 1 nitrogen and oxygen atoms in total. The van der Waals surface area contributed by atoms with Gasteiger partial charge in [-0.05, 0) is 22.4 Å². The van der Waals surface area contributed by atoms with Crippen molar-refractivity contribution in [2.75, 3.05) is 0 Å². The summed E-state index contributed by atoms with van der Waals surface area (Å²) in [5, 5.41) is 0. The molecule has 0 aromatic carbocycles. The highest BCUT2D eigenvalue weighted by Gasteiger charge is 2.54. The fraction of sp³-hybridized carbons (Fsp3) is 1.00. The van der Waals surface area contributed by atoms with E-state index in [1.54, 1.807) is 15.9 Å². The molecule has 2 atom stereocenters. The van der Waals surface area contributed by atoms with Gasteiger partial charge in [0, 0.05) is 6.42 Å². The predicted octanol–water partition coefficient (Wildman–Crippen LogP) is 3.35. The van der Waals surface area contributed by atoms with Crippen molar-refractivity contribution in [3.05, 3.63) is 0 Å². The molecule has 0 N–H and O–H groups in total. The van der Waals surface area contributed by atoms with Crippen LogP contribution in [-0.2, 0) is 4.74 Å². The maximum atomic E-state index is 12.6. The van der Waals surface area contributed by atoms with Gasteiger partial charge >= 0.3 is 10.8 Å². The number of epoxide rings is 1. The second-order valence-corrected chi connectivity index (χ2v) is 4.19. The fourth-order valence-corrected chi connectivity index (χ4v) is 1.24. The normalized spacial score (nSPS) is 29.1. The molecule has 0 saturated carbocycles. The first-order chi connectivity index (χ1) is 5.74. The van der Waals surface area contributed by atoms with E-state index in [9.17, 15) is 17.6 Å². The predicted molar refractivity (Wildman–Crippen MR) is 42.6 cm³/mol. The number of hydrogen-bond donors (Lipinski definition) is 0. The Labute approximate surface area is 85.5 Å². The largest absolute Gasteiger partial charge is 0.363 e. The standard InChI is InChI=1S/C6H6BrClF4O/c7-6(11,12)5(9,10)2-1-3-4(8)13-3/h3-4H,1-2H2/t3-,4-/m0/s1. The van der Waals surface area contributed by atoms with Crippen LogP contribution in [0.3, 0.4) is 0 Å². The highest BCUT2D eigenvalue weighted by Crippen LogP contribution is 2.44. The van der Waals surface area contributed by atoms with Crippen molar-refractivity contribution in [3.63, 3.8) is 0 Å². The van der Waals surface area contributed by atoms with Crippen molar-refractivity contribution >= 4 is 27.5 Å². The van der Waals surface area contributed by atoms with Gasteiger partial charge in [-0.3, -0.25) is 0 Å². The van der Waals surface area contributed by atoms with E-state index < -0.39 is 28.8 Å². The van der Waals surface area contributed by atoms with Crippen molar-refractivity contribution in [2.45, 2.75) is 35.3 Å². The minimum absolute atomic E-state index is 0.164. The minimum Gasteiger partial charge on any atom is -0.352 e. The Hall–Kier alpha value is 0.450. The van der Waals surface area contributed by atoms with Gasteiger partial charge in [0.1, 0.15) is 0 Å². The van der Waals surface area contributed by atoms with Gasteiger partial charge in [-0.15, -0.1) is 0 Å². The molecule has 1 heterocycles. The molecule has 1 fully saturated rings. The van der Waals surface area contributed by atoms with Crippen molar-refractivity contribution in [3.8, 4) is 0 Å². The van der Waals surface area contributed by atoms with Crippen LogP contribution in [0.5, 0.6) is 0 Å². The molecule has 78 valence electrons. The van der Waals surface area contributed by atoms with E-state index in [4.69, 9.17) is 11.6 Å². The van der Waals surface area contributed by atoms with E-state index in [1.807, 2.05) is 0 Å². The molecule has 0 aromatic rings. The summed E-state index contributed by atoms with van der Waals surface area (Å²) in [6, 6.07) is 0. The lowest BCUT2D eigenvalue weighted by Gasteiger charge is -2.20. The summed E-state index contributed by atoms with van der Waals surface area (Å²) in [5.41, 5.74) is -0.597. The minimum atomic E-state index is -4.17. The molecule has 0 bridgehead atoms. The van der Waals surface area contributed by atoms with Crippen LogP contribution in [0, 0.1) is 0 Å². The molecule has 0 aromatic heterocycles. The highest BCUT2D eigenvalue weighted by atomic mass is 79.9. The summed E-state index contributed by atoms with van der Waals surface area (Å²) >= 11 is 6.96. The Bertz CT molecular complexity index is 196. The van der Waals surface area contributed by atoms with Crippen molar-refractivity contribution in [1.82, 2.24) is 0 Å². The molecule has 7 heteroatoms. The summed E-state index contributed by atoms with van der Waals surface area (Å²) in [6.45, 7) is 0. The summed E-state index contributed by atoms with van der Waals surface area (Å²) in [6.07, 6.45) is -1.62. The summed E-state index contributed by atoms with van der Waals surface area (Å²) in [7, 11) is 0. The van der Waals surface area contributed by atoms with Crippen LogP contribution < -0.4 is 0 Å². The Morgan fingerprint density at radius 1 is 1.31 bits per heavy atom. The lowest BCUT2D eigenvalue weighted by Crippen LogP contribution is -2.35. The number of halogens is 6. The van der Waals surface area contributed by atoms with Gasteiger partial charge < -0.3 is 4.74 Å². The van der Waals surface area contributed by atoms with Gasteiger partial charge in [0.15, 0.2) is 5.56 Å². The van der Waals surface area contributed by atoms with Gasteiger partial charge in [-0.25, -0.2) is 0 Å². The average molecular weight is 285 g/mol. The number of ether oxygens (including phenoxy) is 1. The van der Waals surface area contributed by atoms with Crippen molar-refractivity contribution in [2.24, 2.45) is 0 Å². The van der Waals surface area contributed by atoms with E-state index in [0.29, 0.717) is 0 Å². The summed E-state index contributed by atoms with van der Waals surface area (Å²) in [4.78, 5) is -4.17. The number of alkyl halides is 6. The van der Waals surface area contributed by atoms with Crippen LogP contribution in [0.4, 0.5) is 17.6 Å². The molecule has 0 amide bonds. The lowest BCUT2D eigenvalue weighted by atomic mass is 10.1. The number of rotatable bonds is 4. The SMILES string of the molecule is FC(F)(Br)C(F)(F)CC[C@@H]1O[C@@H]1Cl. The number of hydrogen-bond acceptors (Lipinski definition) is 1. The first-order valence-electron chi connectivity index (χ1n) is 3.48. The molecule has 1 saturated heterocycles. The topological polar surface area (TPSA) is 12.5 Å². The van der Waals surface area contributed by atoms with Crippen LogP contribution in [-0.4, -0.2) is 22.4 Å². The van der Waals surface area contributed by atoms with E-state index in [2.05, 4.69) is 4.74 Å². The van der Waals surface area contributed by atoms with E-state index in [-0.39, 0.29) is 6.42 Å². The summed E-state index contributed by atoms with van der Waals surface area (Å²) in [5.74, 6) is -4.06. The second kappa shape index (κ2) is 3.55. The molecule has 13 heavy (non-hydrogen) atoms. The zero-order valence-electron chi connectivity index (χ0n) is 6.24. The molecule has 0 aliphatic carbocycles.